The van der Waals surface area contributed by atoms with Gasteiger partial charge in [-0.15, -0.1) is 0 Å². The first kappa shape index (κ1) is 16.0. The van der Waals surface area contributed by atoms with E-state index in [2.05, 4.69) is 10.6 Å². The van der Waals surface area contributed by atoms with Crippen molar-refractivity contribution in [1.82, 2.24) is 10.6 Å². The lowest BCUT2D eigenvalue weighted by Gasteiger charge is -2.31. The van der Waals surface area contributed by atoms with E-state index >= 15 is 0 Å². The van der Waals surface area contributed by atoms with E-state index in [0.29, 0.717) is 13.0 Å². The number of esters is 1. The Morgan fingerprint density at radius 1 is 1.27 bits per heavy atom. The molecule has 0 aromatic heterocycles. The third-order valence-corrected chi connectivity index (χ3v) is 3.81. The van der Waals surface area contributed by atoms with E-state index in [-0.39, 0.29) is 12.5 Å². The Bertz CT molecular complexity index is 588. The van der Waals surface area contributed by atoms with E-state index in [1.807, 2.05) is 24.3 Å². The zero-order chi connectivity index (χ0) is 16.1. The second kappa shape index (κ2) is 7.04. The predicted molar refractivity (Wildman–Crippen MR) is 78.1 cm³/mol. The highest BCUT2D eigenvalue weighted by molar-refractivity contribution is 5.94. The summed E-state index contributed by atoms with van der Waals surface area (Å²) >= 11 is 0. The molecule has 1 unspecified atom stereocenters. The van der Waals surface area contributed by atoms with E-state index in [9.17, 15) is 14.4 Å². The second-order valence-corrected chi connectivity index (χ2v) is 5.19. The van der Waals surface area contributed by atoms with Crippen LogP contribution in [0.1, 0.15) is 11.1 Å². The Hall–Kier alpha value is -2.41. The molecular formula is C15H20N3O4+. The average Bonchev–Trinajstić information content (AvgIpc) is 2.53. The van der Waals surface area contributed by atoms with Crippen LogP contribution in [0.4, 0.5) is 4.79 Å². The summed E-state index contributed by atoms with van der Waals surface area (Å²) < 4.78 is 4.85. The zero-order valence-electron chi connectivity index (χ0n) is 12.6. The lowest BCUT2D eigenvalue weighted by Crippen LogP contribution is -3.17. The van der Waals surface area contributed by atoms with Gasteiger partial charge in [-0.3, -0.25) is 10.1 Å². The smallest absolute Gasteiger partial charge is 0.365 e. The summed E-state index contributed by atoms with van der Waals surface area (Å²) in [5.74, 6) is -0.778. The van der Waals surface area contributed by atoms with E-state index in [0.717, 1.165) is 16.0 Å². The molecule has 118 valence electrons. The molecule has 0 bridgehead atoms. The van der Waals surface area contributed by atoms with Crippen LogP contribution in [0.2, 0.25) is 0 Å². The van der Waals surface area contributed by atoms with Gasteiger partial charge in [-0.2, -0.15) is 0 Å². The first-order valence-corrected chi connectivity index (χ1v) is 7.06. The number of imide groups is 1. The number of amides is 3. The maximum atomic E-state index is 12.0. The summed E-state index contributed by atoms with van der Waals surface area (Å²) in [6.45, 7) is 0.568. The van der Waals surface area contributed by atoms with Crippen molar-refractivity contribution >= 4 is 17.9 Å². The van der Waals surface area contributed by atoms with Gasteiger partial charge in [0.2, 0.25) is 0 Å². The molecule has 1 aromatic rings. The molecule has 1 aliphatic heterocycles. The maximum absolute atomic E-state index is 12.0. The lowest BCUT2D eigenvalue weighted by molar-refractivity contribution is -0.924. The molecule has 3 amide bonds. The Morgan fingerprint density at radius 2 is 1.95 bits per heavy atom. The molecule has 0 radical (unpaired) electrons. The minimum Gasteiger partial charge on any atom is -0.465 e. The molecule has 3 N–H and O–H groups in total. The molecule has 0 saturated heterocycles. The van der Waals surface area contributed by atoms with Crippen molar-refractivity contribution in [3.63, 3.8) is 0 Å². The molecule has 0 spiro atoms. The van der Waals surface area contributed by atoms with Gasteiger partial charge in [-0.05, 0) is 5.56 Å². The van der Waals surface area contributed by atoms with Gasteiger partial charge in [0.15, 0.2) is 12.6 Å². The predicted octanol–water partition coefficient (Wildman–Crippen LogP) is -1.38. The Labute approximate surface area is 128 Å². The topological polar surface area (TPSA) is 88.9 Å². The highest BCUT2D eigenvalue weighted by Crippen LogP contribution is 2.14. The first-order chi connectivity index (χ1) is 10.5. The largest absolute Gasteiger partial charge is 0.465 e. The van der Waals surface area contributed by atoms with Crippen LogP contribution in [0.5, 0.6) is 0 Å². The summed E-state index contributed by atoms with van der Waals surface area (Å²) in [7, 11) is 2.77. The van der Waals surface area contributed by atoms with Gasteiger partial charge in [0.05, 0.1) is 7.11 Å². The number of carbonyl (C=O) groups excluding carboxylic acids is 3. The average molecular weight is 306 g/mol. The molecular weight excluding hydrogens is 286 g/mol. The van der Waals surface area contributed by atoms with Crippen molar-refractivity contribution in [1.29, 1.82) is 0 Å². The third-order valence-electron chi connectivity index (χ3n) is 3.81. The monoisotopic (exact) mass is 306 g/mol. The van der Waals surface area contributed by atoms with Crippen LogP contribution in [-0.4, -0.2) is 44.7 Å². The normalized spacial score (nSPS) is 19.7. The Balaban J connectivity index is 2.14. The van der Waals surface area contributed by atoms with Gasteiger partial charge in [0, 0.05) is 19.0 Å². The fourth-order valence-corrected chi connectivity index (χ4v) is 2.68. The number of carbonyl (C=O) groups is 3. The fourth-order valence-electron chi connectivity index (χ4n) is 2.68. The molecule has 1 aliphatic rings. The summed E-state index contributed by atoms with van der Waals surface area (Å²) in [6, 6.07) is 6.81. The summed E-state index contributed by atoms with van der Waals surface area (Å²) in [5.41, 5.74) is 2.19. The van der Waals surface area contributed by atoms with Crippen LogP contribution < -0.4 is 15.5 Å². The van der Waals surface area contributed by atoms with Crippen molar-refractivity contribution in [3.8, 4) is 0 Å². The van der Waals surface area contributed by atoms with E-state index in [1.165, 1.54) is 14.2 Å². The Kier molecular flexibility index (Phi) is 5.11. The molecule has 1 heterocycles. The molecule has 2 atom stereocenters. The van der Waals surface area contributed by atoms with E-state index in [4.69, 9.17) is 4.74 Å². The standard InChI is InChI=1S/C15H19N3O4/c1-16-15(21)17-13(19)9-18-8-11-6-4-3-5-10(11)7-12(18)14(20)22-2/h3-6,12H,7-9H2,1-2H3,(H2,16,17,19,21)/p+1/t12-/m1/s1. The van der Waals surface area contributed by atoms with Crippen LogP contribution in [0.25, 0.3) is 0 Å². The minimum atomic E-state index is -0.559. The zero-order valence-corrected chi connectivity index (χ0v) is 12.6. The SMILES string of the molecule is CNC(=O)NC(=O)C[NH+]1Cc2ccccc2C[C@@H]1C(=O)OC. The number of methoxy groups -OCH3 is 1. The van der Waals surface area contributed by atoms with Crippen molar-refractivity contribution < 1.29 is 24.0 Å². The minimum absolute atomic E-state index is 0.0293. The van der Waals surface area contributed by atoms with Crippen molar-refractivity contribution in [2.45, 2.75) is 19.0 Å². The lowest BCUT2D eigenvalue weighted by atomic mass is 9.94. The van der Waals surface area contributed by atoms with Crippen molar-refractivity contribution in [2.75, 3.05) is 20.7 Å². The fraction of sp³-hybridized carbons (Fsp3) is 0.400. The van der Waals surface area contributed by atoms with Crippen LogP contribution >= 0.6 is 0 Å². The van der Waals surface area contributed by atoms with Gasteiger partial charge in [-0.1, -0.05) is 24.3 Å². The van der Waals surface area contributed by atoms with E-state index < -0.39 is 18.0 Å². The highest BCUT2D eigenvalue weighted by atomic mass is 16.5. The molecule has 7 heteroatoms. The summed E-state index contributed by atoms with van der Waals surface area (Å²) in [6.07, 6.45) is 0.519. The third kappa shape index (κ3) is 3.62. The van der Waals surface area contributed by atoms with Gasteiger partial charge >= 0.3 is 12.0 Å². The molecule has 0 fully saturated rings. The van der Waals surface area contributed by atoms with Crippen LogP contribution in [0.3, 0.4) is 0 Å². The Morgan fingerprint density at radius 3 is 2.59 bits per heavy atom. The molecule has 7 nitrogen and oxygen atoms in total. The number of fused-ring (bicyclic) bond motifs is 1. The van der Waals surface area contributed by atoms with Gasteiger partial charge in [0.1, 0.15) is 6.54 Å². The van der Waals surface area contributed by atoms with Crippen LogP contribution in [0.15, 0.2) is 24.3 Å². The number of hydrogen-bond acceptors (Lipinski definition) is 4. The number of hydrogen-bond donors (Lipinski definition) is 3. The number of quaternary nitrogens is 1. The van der Waals surface area contributed by atoms with Crippen LogP contribution in [0, 0.1) is 0 Å². The number of rotatable bonds is 3. The van der Waals surface area contributed by atoms with E-state index in [1.54, 1.807) is 0 Å². The highest BCUT2D eigenvalue weighted by Gasteiger charge is 2.37. The molecule has 0 saturated carbocycles. The van der Waals surface area contributed by atoms with Gasteiger partial charge in [0.25, 0.3) is 5.91 Å². The molecule has 22 heavy (non-hydrogen) atoms. The molecule has 1 aromatic carbocycles. The molecule has 0 aliphatic carbocycles. The van der Waals surface area contributed by atoms with Crippen molar-refractivity contribution in [2.24, 2.45) is 0 Å². The van der Waals surface area contributed by atoms with Crippen molar-refractivity contribution in [3.05, 3.63) is 35.4 Å². The number of urea groups is 1. The number of ether oxygens (including phenoxy) is 1. The molecule has 2 rings (SSSR count). The van der Waals surface area contributed by atoms with Gasteiger partial charge in [-0.25, -0.2) is 9.59 Å². The number of benzene rings is 1. The first-order valence-electron chi connectivity index (χ1n) is 7.06. The quantitative estimate of drug-likeness (QED) is 0.601. The second-order valence-electron chi connectivity index (χ2n) is 5.19. The van der Waals surface area contributed by atoms with Crippen LogP contribution in [-0.2, 0) is 27.3 Å². The van der Waals surface area contributed by atoms with Gasteiger partial charge < -0.3 is 15.0 Å². The maximum Gasteiger partial charge on any atom is 0.365 e. The summed E-state index contributed by atoms with van der Waals surface area (Å²) in [5, 5.41) is 4.54. The summed E-state index contributed by atoms with van der Waals surface area (Å²) in [4.78, 5) is 35.9. The number of nitrogens with one attached hydrogen (secondary N) is 3.